The van der Waals surface area contributed by atoms with Crippen LogP contribution in [0.2, 0.25) is 0 Å². The molecule has 0 bridgehead atoms. The van der Waals surface area contributed by atoms with Crippen molar-refractivity contribution in [1.29, 1.82) is 0 Å². The summed E-state index contributed by atoms with van der Waals surface area (Å²) in [6.07, 6.45) is 0.407. The van der Waals surface area contributed by atoms with Gasteiger partial charge in [-0.05, 0) is 23.3 Å². The van der Waals surface area contributed by atoms with Crippen molar-refractivity contribution < 1.29 is 14.3 Å². The lowest BCUT2D eigenvalue weighted by Gasteiger charge is -2.02. The van der Waals surface area contributed by atoms with Crippen molar-refractivity contribution in [2.24, 2.45) is 0 Å². The van der Waals surface area contributed by atoms with E-state index in [1.54, 1.807) is 0 Å². The molecule has 20 heavy (non-hydrogen) atoms. The van der Waals surface area contributed by atoms with Crippen molar-refractivity contribution in [3.05, 3.63) is 65.7 Å². The van der Waals surface area contributed by atoms with E-state index in [2.05, 4.69) is 5.32 Å². The zero-order valence-corrected chi connectivity index (χ0v) is 10.9. The van der Waals surface area contributed by atoms with Crippen LogP contribution in [0.4, 0.5) is 5.69 Å². The Balaban J connectivity index is 1.56. The number of nitrogens with one attached hydrogen (secondary N) is 1. The predicted octanol–water partition coefficient (Wildman–Crippen LogP) is 2.87. The standard InChI is InChI=1S/C16H15NO3/c18-11-17-14-8-4-7-13(9-14)15-16(20-15)19-10-12-5-2-1-3-6-12/h1-9,11,15-16H,10H2,(H,17,18). The number of amides is 1. The van der Waals surface area contributed by atoms with Crippen molar-refractivity contribution in [3.8, 4) is 0 Å². The van der Waals surface area contributed by atoms with Gasteiger partial charge in [0.1, 0.15) is 6.10 Å². The van der Waals surface area contributed by atoms with E-state index in [1.165, 1.54) is 0 Å². The van der Waals surface area contributed by atoms with Crippen molar-refractivity contribution in [3.63, 3.8) is 0 Å². The predicted molar refractivity (Wildman–Crippen MR) is 75.0 cm³/mol. The second-order valence-electron chi connectivity index (χ2n) is 4.61. The van der Waals surface area contributed by atoms with Gasteiger partial charge in [0.15, 0.2) is 6.29 Å². The lowest BCUT2D eigenvalue weighted by atomic mass is 10.1. The van der Waals surface area contributed by atoms with Gasteiger partial charge in [0.2, 0.25) is 6.41 Å². The molecule has 1 aliphatic rings. The minimum Gasteiger partial charge on any atom is -0.345 e. The average molecular weight is 269 g/mol. The summed E-state index contributed by atoms with van der Waals surface area (Å²) in [6.45, 7) is 0.536. The highest BCUT2D eigenvalue weighted by Gasteiger charge is 2.41. The van der Waals surface area contributed by atoms with Crippen molar-refractivity contribution in [2.45, 2.75) is 19.0 Å². The molecule has 1 heterocycles. The Hall–Kier alpha value is -2.17. The molecule has 0 spiro atoms. The van der Waals surface area contributed by atoms with Crippen LogP contribution in [0, 0.1) is 0 Å². The molecule has 3 rings (SSSR count). The number of carbonyl (C=O) groups is 1. The minimum absolute atomic E-state index is 0.0490. The lowest BCUT2D eigenvalue weighted by Crippen LogP contribution is -1.98. The van der Waals surface area contributed by atoms with Crippen molar-refractivity contribution in [1.82, 2.24) is 0 Å². The van der Waals surface area contributed by atoms with Gasteiger partial charge in [-0.3, -0.25) is 4.79 Å². The summed E-state index contributed by atoms with van der Waals surface area (Å²) in [7, 11) is 0. The second kappa shape index (κ2) is 5.86. The van der Waals surface area contributed by atoms with E-state index in [1.807, 2.05) is 54.6 Å². The van der Waals surface area contributed by atoms with Gasteiger partial charge < -0.3 is 14.8 Å². The van der Waals surface area contributed by atoms with Gasteiger partial charge in [0.05, 0.1) is 6.61 Å². The quantitative estimate of drug-likeness (QED) is 0.648. The smallest absolute Gasteiger partial charge is 0.211 e. The first-order valence-electron chi connectivity index (χ1n) is 6.48. The maximum atomic E-state index is 10.4. The molecule has 1 N–H and O–H groups in total. The molecule has 1 amide bonds. The molecule has 0 aliphatic carbocycles. The molecule has 4 heteroatoms. The number of hydrogen-bond donors (Lipinski definition) is 1. The first-order chi connectivity index (χ1) is 9.86. The molecule has 1 fully saturated rings. The fraction of sp³-hybridized carbons (Fsp3) is 0.188. The molecule has 2 unspecified atom stereocenters. The molecular weight excluding hydrogens is 254 g/mol. The zero-order chi connectivity index (χ0) is 13.8. The van der Waals surface area contributed by atoms with Gasteiger partial charge in [-0.1, -0.05) is 42.5 Å². The van der Waals surface area contributed by atoms with E-state index in [4.69, 9.17) is 9.47 Å². The molecule has 1 aliphatic heterocycles. The molecular formula is C16H15NO3. The Morgan fingerprint density at radius 2 is 2.00 bits per heavy atom. The van der Waals surface area contributed by atoms with Gasteiger partial charge >= 0.3 is 0 Å². The number of carbonyl (C=O) groups excluding carboxylic acids is 1. The third-order valence-corrected chi connectivity index (χ3v) is 3.15. The minimum atomic E-state index is -0.207. The molecule has 2 aromatic carbocycles. The third-order valence-electron chi connectivity index (χ3n) is 3.15. The first-order valence-corrected chi connectivity index (χ1v) is 6.48. The number of hydrogen-bond acceptors (Lipinski definition) is 3. The van der Waals surface area contributed by atoms with E-state index in [0.29, 0.717) is 13.0 Å². The molecule has 102 valence electrons. The van der Waals surface area contributed by atoms with Gasteiger partial charge in [-0.15, -0.1) is 0 Å². The number of anilines is 1. The fourth-order valence-corrected chi connectivity index (χ4v) is 2.09. The maximum Gasteiger partial charge on any atom is 0.211 e. The molecule has 1 saturated heterocycles. The monoisotopic (exact) mass is 269 g/mol. The molecule has 0 aromatic heterocycles. The summed E-state index contributed by atoms with van der Waals surface area (Å²) in [5.74, 6) is 0. The van der Waals surface area contributed by atoms with Crippen molar-refractivity contribution in [2.75, 3.05) is 5.32 Å². The summed E-state index contributed by atoms with van der Waals surface area (Å²) < 4.78 is 11.2. The molecule has 0 radical (unpaired) electrons. The summed E-state index contributed by atoms with van der Waals surface area (Å²) in [4.78, 5) is 10.4. The molecule has 2 aromatic rings. The largest absolute Gasteiger partial charge is 0.345 e. The summed E-state index contributed by atoms with van der Waals surface area (Å²) >= 11 is 0. The Morgan fingerprint density at radius 1 is 1.15 bits per heavy atom. The highest BCUT2D eigenvalue weighted by molar-refractivity contribution is 5.71. The van der Waals surface area contributed by atoms with E-state index < -0.39 is 0 Å². The number of epoxide rings is 1. The number of rotatable bonds is 6. The Morgan fingerprint density at radius 3 is 2.80 bits per heavy atom. The highest BCUT2D eigenvalue weighted by Crippen LogP contribution is 2.40. The average Bonchev–Trinajstić information content (AvgIpc) is 3.27. The summed E-state index contributed by atoms with van der Waals surface area (Å²) in [6, 6.07) is 17.6. The Labute approximate surface area is 117 Å². The Kier molecular flexibility index (Phi) is 3.76. The third kappa shape index (κ3) is 3.04. The highest BCUT2D eigenvalue weighted by atomic mass is 16.8. The van der Waals surface area contributed by atoms with Crippen LogP contribution >= 0.6 is 0 Å². The van der Waals surface area contributed by atoms with E-state index in [0.717, 1.165) is 16.8 Å². The molecule has 0 saturated carbocycles. The number of benzene rings is 2. The van der Waals surface area contributed by atoms with Gasteiger partial charge in [0.25, 0.3) is 0 Å². The molecule has 2 atom stereocenters. The van der Waals surface area contributed by atoms with Crippen LogP contribution in [0.3, 0.4) is 0 Å². The van der Waals surface area contributed by atoms with E-state index in [-0.39, 0.29) is 12.4 Å². The number of ether oxygens (including phenoxy) is 2. The van der Waals surface area contributed by atoms with Gasteiger partial charge in [0, 0.05) is 5.69 Å². The van der Waals surface area contributed by atoms with E-state index in [9.17, 15) is 4.79 Å². The van der Waals surface area contributed by atoms with Crippen LogP contribution in [0.15, 0.2) is 54.6 Å². The van der Waals surface area contributed by atoms with Crippen LogP contribution < -0.4 is 5.32 Å². The fourth-order valence-electron chi connectivity index (χ4n) is 2.09. The SMILES string of the molecule is O=CNc1cccc(C2OC2OCc2ccccc2)c1. The lowest BCUT2D eigenvalue weighted by molar-refractivity contribution is -0.105. The normalized spacial score (nSPS) is 20.4. The van der Waals surface area contributed by atoms with Crippen LogP contribution in [0.1, 0.15) is 17.2 Å². The molecule has 4 nitrogen and oxygen atoms in total. The summed E-state index contributed by atoms with van der Waals surface area (Å²) in [5, 5.41) is 2.63. The second-order valence-corrected chi connectivity index (χ2v) is 4.61. The van der Waals surface area contributed by atoms with Crippen LogP contribution in [0.25, 0.3) is 0 Å². The van der Waals surface area contributed by atoms with Gasteiger partial charge in [-0.2, -0.15) is 0 Å². The first kappa shape index (κ1) is 12.8. The van der Waals surface area contributed by atoms with Crippen LogP contribution in [-0.2, 0) is 20.9 Å². The van der Waals surface area contributed by atoms with Crippen molar-refractivity contribution >= 4 is 12.1 Å². The maximum absolute atomic E-state index is 10.4. The summed E-state index contributed by atoms with van der Waals surface area (Å²) in [5.41, 5.74) is 2.89. The zero-order valence-electron chi connectivity index (χ0n) is 10.9. The van der Waals surface area contributed by atoms with E-state index >= 15 is 0 Å². The Bertz CT molecular complexity index is 585. The topological polar surface area (TPSA) is 50.9 Å². The van der Waals surface area contributed by atoms with Crippen LogP contribution in [-0.4, -0.2) is 12.7 Å². The van der Waals surface area contributed by atoms with Crippen LogP contribution in [0.5, 0.6) is 0 Å². The van der Waals surface area contributed by atoms with Gasteiger partial charge in [-0.25, -0.2) is 0 Å².